The van der Waals surface area contributed by atoms with Crippen LogP contribution in [0.4, 0.5) is 4.39 Å². The molecule has 0 amide bonds. The Kier molecular flexibility index (Phi) is 3.51. The molecule has 1 atom stereocenters. The van der Waals surface area contributed by atoms with Crippen LogP contribution in [-0.2, 0) is 6.42 Å². The minimum absolute atomic E-state index is 0.0364. The predicted molar refractivity (Wildman–Crippen MR) is 58.5 cm³/mol. The summed E-state index contributed by atoms with van der Waals surface area (Å²) < 4.78 is 13.6. The third-order valence-electron chi connectivity index (χ3n) is 2.22. The molecular weight excluding hydrogens is 201 g/mol. The van der Waals surface area contributed by atoms with Crippen molar-refractivity contribution in [3.8, 4) is 0 Å². The van der Waals surface area contributed by atoms with E-state index in [4.69, 9.17) is 17.3 Å². The van der Waals surface area contributed by atoms with Gasteiger partial charge in [-0.1, -0.05) is 23.7 Å². The highest BCUT2D eigenvalue weighted by Crippen LogP contribution is 2.21. The van der Waals surface area contributed by atoms with Gasteiger partial charge in [0.1, 0.15) is 5.67 Å². The quantitative estimate of drug-likeness (QED) is 0.825. The van der Waals surface area contributed by atoms with Gasteiger partial charge in [-0.3, -0.25) is 0 Å². The molecule has 0 saturated heterocycles. The monoisotopic (exact) mass is 215 g/mol. The summed E-state index contributed by atoms with van der Waals surface area (Å²) in [6.07, 6.45) is 0.335. The molecule has 0 aromatic heterocycles. The van der Waals surface area contributed by atoms with Crippen LogP contribution in [-0.4, -0.2) is 12.2 Å². The van der Waals surface area contributed by atoms with Crippen LogP contribution < -0.4 is 5.73 Å². The second kappa shape index (κ2) is 4.28. The molecule has 0 fully saturated rings. The Hall–Kier alpha value is -0.600. The molecule has 0 spiro atoms. The van der Waals surface area contributed by atoms with Gasteiger partial charge >= 0.3 is 0 Å². The van der Waals surface area contributed by atoms with E-state index in [1.54, 1.807) is 6.07 Å². The van der Waals surface area contributed by atoms with Gasteiger partial charge in [-0.05, 0) is 31.0 Å². The van der Waals surface area contributed by atoms with Gasteiger partial charge < -0.3 is 5.73 Å². The summed E-state index contributed by atoms with van der Waals surface area (Å²) in [5.41, 5.74) is 5.89. The van der Waals surface area contributed by atoms with Crippen molar-refractivity contribution >= 4 is 11.6 Å². The highest BCUT2D eigenvalue weighted by Gasteiger charge is 2.21. The summed E-state index contributed by atoms with van der Waals surface area (Å²) in [7, 11) is 0. The first kappa shape index (κ1) is 11.5. The molecule has 0 aliphatic heterocycles. The lowest BCUT2D eigenvalue weighted by atomic mass is 9.97. The van der Waals surface area contributed by atoms with Crippen molar-refractivity contribution in [3.63, 3.8) is 0 Å². The first-order valence-corrected chi connectivity index (χ1v) is 4.96. The van der Waals surface area contributed by atoms with Gasteiger partial charge in [-0.2, -0.15) is 0 Å². The second-order valence-corrected chi connectivity index (χ2v) is 4.28. The van der Waals surface area contributed by atoms with E-state index in [1.165, 1.54) is 6.92 Å². The van der Waals surface area contributed by atoms with Crippen LogP contribution in [0.25, 0.3) is 0 Å². The molecule has 1 unspecified atom stereocenters. The molecule has 1 nitrogen and oxygen atoms in total. The Morgan fingerprint density at radius 2 is 2.14 bits per heavy atom. The molecule has 1 aromatic rings. The Morgan fingerprint density at radius 1 is 1.50 bits per heavy atom. The summed E-state index contributed by atoms with van der Waals surface area (Å²) >= 11 is 5.87. The lowest BCUT2D eigenvalue weighted by Crippen LogP contribution is -2.31. The van der Waals surface area contributed by atoms with Crippen molar-refractivity contribution in [1.82, 2.24) is 0 Å². The summed E-state index contributed by atoms with van der Waals surface area (Å²) in [5, 5.41) is 0.710. The number of benzene rings is 1. The van der Waals surface area contributed by atoms with Crippen molar-refractivity contribution in [1.29, 1.82) is 0 Å². The van der Waals surface area contributed by atoms with Crippen LogP contribution in [0.3, 0.4) is 0 Å². The third-order valence-corrected chi connectivity index (χ3v) is 2.64. The summed E-state index contributed by atoms with van der Waals surface area (Å²) in [4.78, 5) is 0. The van der Waals surface area contributed by atoms with Gasteiger partial charge in [0.2, 0.25) is 0 Å². The molecule has 78 valence electrons. The van der Waals surface area contributed by atoms with Gasteiger partial charge in [0, 0.05) is 18.0 Å². The van der Waals surface area contributed by atoms with Crippen LogP contribution in [0.15, 0.2) is 18.2 Å². The lowest BCUT2D eigenvalue weighted by molar-refractivity contribution is 0.200. The molecule has 1 rings (SSSR count). The predicted octanol–water partition coefficient (Wildman–Crippen LogP) is 2.88. The fraction of sp³-hybridized carbons (Fsp3) is 0.455. The highest BCUT2D eigenvalue weighted by atomic mass is 35.5. The van der Waals surface area contributed by atoms with Crippen LogP contribution in [0.5, 0.6) is 0 Å². The van der Waals surface area contributed by atoms with Crippen molar-refractivity contribution < 1.29 is 4.39 Å². The number of hydrogen-bond donors (Lipinski definition) is 1. The van der Waals surface area contributed by atoms with Gasteiger partial charge in [0.05, 0.1) is 0 Å². The van der Waals surface area contributed by atoms with Crippen LogP contribution in [0.1, 0.15) is 18.1 Å². The second-order valence-electron chi connectivity index (χ2n) is 3.88. The smallest absolute Gasteiger partial charge is 0.124 e. The molecule has 14 heavy (non-hydrogen) atoms. The van der Waals surface area contributed by atoms with E-state index >= 15 is 0 Å². The fourth-order valence-electron chi connectivity index (χ4n) is 1.31. The number of halogens is 2. The number of aryl methyl sites for hydroxylation is 1. The van der Waals surface area contributed by atoms with E-state index in [2.05, 4.69) is 0 Å². The Bertz CT molecular complexity index is 323. The number of alkyl halides is 1. The van der Waals surface area contributed by atoms with Crippen molar-refractivity contribution in [2.45, 2.75) is 25.9 Å². The van der Waals surface area contributed by atoms with Crippen LogP contribution in [0.2, 0.25) is 5.02 Å². The Morgan fingerprint density at radius 3 is 2.64 bits per heavy atom. The molecule has 1 aromatic carbocycles. The van der Waals surface area contributed by atoms with E-state index in [0.717, 1.165) is 11.1 Å². The Labute approximate surface area is 89.1 Å². The first-order valence-electron chi connectivity index (χ1n) is 4.58. The topological polar surface area (TPSA) is 26.0 Å². The van der Waals surface area contributed by atoms with Crippen LogP contribution >= 0.6 is 11.6 Å². The molecule has 0 radical (unpaired) electrons. The summed E-state index contributed by atoms with van der Waals surface area (Å²) in [6, 6.07) is 5.53. The molecule has 0 aliphatic carbocycles. The molecule has 3 heteroatoms. The summed E-state index contributed by atoms with van der Waals surface area (Å²) in [5.74, 6) is 0. The van der Waals surface area contributed by atoms with E-state index in [1.807, 2.05) is 19.1 Å². The van der Waals surface area contributed by atoms with Crippen molar-refractivity contribution in [3.05, 3.63) is 34.3 Å². The normalized spacial score (nSPS) is 15.2. The largest absolute Gasteiger partial charge is 0.328 e. The molecule has 0 aliphatic rings. The number of nitrogens with two attached hydrogens (primary N) is 1. The SMILES string of the molecule is Cc1cc(CC(C)(F)CN)ccc1Cl. The van der Waals surface area contributed by atoms with Crippen LogP contribution in [0, 0.1) is 6.92 Å². The number of hydrogen-bond acceptors (Lipinski definition) is 1. The maximum Gasteiger partial charge on any atom is 0.124 e. The zero-order chi connectivity index (χ0) is 10.8. The lowest BCUT2D eigenvalue weighted by Gasteiger charge is -2.18. The molecule has 0 heterocycles. The van der Waals surface area contributed by atoms with E-state index in [0.29, 0.717) is 11.4 Å². The van der Waals surface area contributed by atoms with Gasteiger partial charge in [0.15, 0.2) is 0 Å². The molecular formula is C11H15ClFN. The van der Waals surface area contributed by atoms with E-state index in [9.17, 15) is 4.39 Å². The van der Waals surface area contributed by atoms with Crippen molar-refractivity contribution in [2.75, 3.05) is 6.54 Å². The van der Waals surface area contributed by atoms with Gasteiger partial charge in [-0.25, -0.2) is 4.39 Å². The van der Waals surface area contributed by atoms with E-state index in [-0.39, 0.29) is 6.54 Å². The minimum Gasteiger partial charge on any atom is -0.328 e. The first-order chi connectivity index (χ1) is 6.44. The summed E-state index contributed by atoms with van der Waals surface area (Å²) in [6.45, 7) is 3.45. The van der Waals surface area contributed by atoms with Gasteiger partial charge in [0.25, 0.3) is 0 Å². The molecule has 0 saturated carbocycles. The van der Waals surface area contributed by atoms with E-state index < -0.39 is 5.67 Å². The maximum atomic E-state index is 13.6. The highest BCUT2D eigenvalue weighted by molar-refractivity contribution is 6.31. The fourth-order valence-corrected chi connectivity index (χ4v) is 1.43. The van der Waals surface area contributed by atoms with Crippen molar-refractivity contribution in [2.24, 2.45) is 5.73 Å². The average molecular weight is 216 g/mol. The zero-order valence-electron chi connectivity index (χ0n) is 8.48. The molecule has 2 N–H and O–H groups in total. The maximum absolute atomic E-state index is 13.6. The molecule has 0 bridgehead atoms. The third kappa shape index (κ3) is 2.96. The zero-order valence-corrected chi connectivity index (χ0v) is 9.24. The minimum atomic E-state index is -1.33. The Balaban J connectivity index is 2.83. The van der Waals surface area contributed by atoms with Gasteiger partial charge in [-0.15, -0.1) is 0 Å². The number of rotatable bonds is 3. The standard InChI is InChI=1S/C11H15ClFN/c1-8-5-9(3-4-10(8)12)6-11(2,13)7-14/h3-5H,6-7,14H2,1-2H3. The average Bonchev–Trinajstić information content (AvgIpc) is 2.11.